The summed E-state index contributed by atoms with van der Waals surface area (Å²) < 4.78 is 0. The summed E-state index contributed by atoms with van der Waals surface area (Å²) in [7, 11) is 0. The van der Waals surface area contributed by atoms with E-state index in [1.165, 1.54) is 6.08 Å². The molecule has 0 aromatic rings. The standard InChI is InChI=1S/C13H25NO3/c1-4-5-6-7-12(16)13(17)14-11(8-9-15)10(2)3/h6-7,10-12,15-16H,4-5,8-9H2,1-3H3,(H,14,17). The van der Waals surface area contributed by atoms with Crippen LogP contribution in [-0.4, -0.2) is 34.9 Å². The molecular formula is C13H25NO3. The Hall–Kier alpha value is -0.870. The number of allylic oxidation sites excluding steroid dienone is 1. The molecule has 17 heavy (non-hydrogen) atoms. The number of carbonyl (C=O) groups is 1. The van der Waals surface area contributed by atoms with Gasteiger partial charge < -0.3 is 15.5 Å². The molecule has 2 unspecified atom stereocenters. The summed E-state index contributed by atoms with van der Waals surface area (Å²) in [4.78, 5) is 11.6. The molecule has 0 fully saturated rings. The zero-order valence-electron chi connectivity index (χ0n) is 11.0. The average molecular weight is 243 g/mol. The summed E-state index contributed by atoms with van der Waals surface area (Å²) in [6, 6.07) is -0.0956. The molecule has 2 atom stereocenters. The first-order chi connectivity index (χ1) is 8.02. The van der Waals surface area contributed by atoms with Gasteiger partial charge in [0.2, 0.25) is 0 Å². The Labute approximate surface area is 104 Å². The third kappa shape index (κ3) is 7.13. The SMILES string of the molecule is CCCC=CC(O)C(=O)NC(CCO)C(C)C. The van der Waals surface area contributed by atoms with Crippen molar-refractivity contribution < 1.29 is 15.0 Å². The highest BCUT2D eigenvalue weighted by Gasteiger charge is 2.19. The molecule has 0 aliphatic carbocycles. The fourth-order valence-electron chi connectivity index (χ4n) is 1.46. The minimum absolute atomic E-state index is 0.0326. The van der Waals surface area contributed by atoms with E-state index >= 15 is 0 Å². The van der Waals surface area contributed by atoms with Gasteiger partial charge >= 0.3 is 0 Å². The number of hydrogen-bond acceptors (Lipinski definition) is 3. The number of hydrogen-bond donors (Lipinski definition) is 3. The van der Waals surface area contributed by atoms with Crippen LogP contribution >= 0.6 is 0 Å². The molecule has 0 saturated heterocycles. The average Bonchev–Trinajstić information content (AvgIpc) is 2.28. The van der Waals surface area contributed by atoms with Crippen LogP contribution in [0.25, 0.3) is 0 Å². The lowest BCUT2D eigenvalue weighted by atomic mass is 10.0. The Balaban J connectivity index is 4.20. The van der Waals surface area contributed by atoms with E-state index in [1.54, 1.807) is 6.08 Å². The third-order valence-electron chi connectivity index (χ3n) is 2.61. The Morgan fingerprint density at radius 1 is 1.41 bits per heavy atom. The molecule has 0 aliphatic rings. The lowest BCUT2D eigenvalue weighted by Gasteiger charge is -2.22. The maximum atomic E-state index is 11.6. The van der Waals surface area contributed by atoms with Gasteiger partial charge in [0.1, 0.15) is 0 Å². The van der Waals surface area contributed by atoms with E-state index in [2.05, 4.69) is 5.32 Å². The summed E-state index contributed by atoms with van der Waals surface area (Å²) in [6.45, 7) is 6.01. The predicted octanol–water partition coefficient (Wildman–Crippen LogP) is 1.23. The molecule has 0 radical (unpaired) electrons. The van der Waals surface area contributed by atoms with Crippen LogP contribution in [0.5, 0.6) is 0 Å². The highest BCUT2D eigenvalue weighted by Crippen LogP contribution is 2.06. The highest BCUT2D eigenvalue weighted by atomic mass is 16.3. The summed E-state index contributed by atoms with van der Waals surface area (Å²) in [5.41, 5.74) is 0. The molecule has 0 aliphatic heterocycles. The van der Waals surface area contributed by atoms with E-state index < -0.39 is 12.0 Å². The molecule has 0 spiro atoms. The van der Waals surface area contributed by atoms with Crippen LogP contribution in [0.4, 0.5) is 0 Å². The second kappa shape index (κ2) is 9.19. The molecule has 0 aromatic heterocycles. The van der Waals surface area contributed by atoms with E-state index in [9.17, 15) is 9.90 Å². The minimum Gasteiger partial charge on any atom is -0.396 e. The lowest BCUT2D eigenvalue weighted by Crippen LogP contribution is -2.43. The lowest BCUT2D eigenvalue weighted by molar-refractivity contribution is -0.128. The first kappa shape index (κ1) is 16.1. The second-order valence-corrected chi connectivity index (χ2v) is 4.53. The molecule has 4 heteroatoms. The molecule has 0 rings (SSSR count). The molecule has 3 N–H and O–H groups in total. The number of aliphatic hydroxyl groups is 2. The van der Waals surface area contributed by atoms with Crippen molar-refractivity contribution in [3.05, 3.63) is 12.2 Å². The van der Waals surface area contributed by atoms with Gasteiger partial charge in [0.05, 0.1) is 0 Å². The number of amides is 1. The van der Waals surface area contributed by atoms with Crippen molar-refractivity contribution in [3.63, 3.8) is 0 Å². The number of rotatable bonds is 8. The smallest absolute Gasteiger partial charge is 0.253 e. The number of unbranched alkanes of at least 4 members (excludes halogenated alkanes) is 1. The largest absolute Gasteiger partial charge is 0.396 e. The van der Waals surface area contributed by atoms with E-state index in [0.29, 0.717) is 6.42 Å². The van der Waals surface area contributed by atoms with Gasteiger partial charge in [0.25, 0.3) is 5.91 Å². The number of nitrogens with one attached hydrogen (secondary N) is 1. The van der Waals surface area contributed by atoms with Crippen LogP contribution in [0.3, 0.4) is 0 Å². The van der Waals surface area contributed by atoms with Crippen LogP contribution < -0.4 is 5.32 Å². The zero-order valence-corrected chi connectivity index (χ0v) is 11.0. The molecule has 0 heterocycles. The molecule has 0 aromatic carbocycles. The number of carbonyl (C=O) groups excluding carboxylic acids is 1. The van der Waals surface area contributed by atoms with E-state index in [4.69, 9.17) is 5.11 Å². The van der Waals surface area contributed by atoms with E-state index in [-0.39, 0.29) is 18.6 Å². The normalized spacial score (nSPS) is 15.2. The van der Waals surface area contributed by atoms with Crippen molar-refractivity contribution in [3.8, 4) is 0 Å². The molecule has 100 valence electrons. The quantitative estimate of drug-likeness (QED) is 0.562. The van der Waals surface area contributed by atoms with Gasteiger partial charge in [-0.05, 0) is 18.8 Å². The monoisotopic (exact) mass is 243 g/mol. The van der Waals surface area contributed by atoms with E-state index in [1.807, 2.05) is 20.8 Å². The Morgan fingerprint density at radius 2 is 2.06 bits per heavy atom. The molecule has 0 bridgehead atoms. The van der Waals surface area contributed by atoms with E-state index in [0.717, 1.165) is 12.8 Å². The van der Waals surface area contributed by atoms with Crippen molar-refractivity contribution in [2.45, 2.75) is 52.2 Å². The highest BCUT2D eigenvalue weighted by molar-refractivity contribution is 5.82. The zero-order chi connectivity index (χ0) is 13.3. The molecular weight excluding hydrogens is 218 g/mol. The Morgan fingerprint density at radius 3 is 2.53 bits per heavy atom. The summed E-state index contributed by atoms with van der Waals surface area (Å²) in [5.74, 6) is -0.164. The van der Waals surface area contributed by atoms with Gasteiger partial charge in [0, 0.05) is 12.6 Å². The molecule has 4 nitrogen and oxygen atoms in total. The fourth-order valence-corrected chi connectivity index (χ4v) is 1.46. The van der Waals surface area contributed by atoms with Crippen molar-refractivity contribution in [2.75, 3.05) is 6.61 Å². The van der Waals surface area contributed by atoms with Gasteiger partial charge in [-0.3, -0.25) is 4.79 Å². The van der Waals surface area contributed by atoms with Crippen LogP contribution in [0, 0.1) is 5.92 Å². The summed E-state index contributed by atoms with van der Waals surface area (Å²) >= 11 is 0. The van der Waals surface area contributed by atoms with Gasteiger partial charge in [-0.1, -0.05) is 39.3 Å². The van der Waals surface area contributed by atoms with Crippen LogP contribution in [0.15, 0.2) is 12.2 Å². The van der Waals surface area contributed by atoms with Gasteiger partial charge in [-0.2, -0.15) is 0 Å². The van der Waals surface area contributed by atoms with Crippen molar-refractivity contribution in [2.24, 2.45) is 5.92 Å². The van der Waals surface area contributed by atoms with Crippen LogP contribution in [0.2, 0.25) is 0 Å². The predicted molar refractivity (Wildman–Crippen MR) is 68.5 cm³/mol. The summed E-state index contributed by atoms with van der Waals surface area (Å²) in [6.07, 6.45) is 4.57. The summed E-state index contributed by atoms with van der Waals surface area (Å²) in [5, 5.41) is 21.2. The van der Waals surface area contributed by atoms with Crippen LogP contribution in [-0.2, 0) is 4.79 Å². The topological polar surface area (TPSA) is 69.6 Å². The number of aliphatic hydroxyl groups excluding tert-OH is 2. The molecule has 1 amide bonds. The van der Waals surface area contributed by atoms with Gasteiger partial charge in [0.15, 0.2) is 6.10 Å². The van der Waals surface area contributed by atoms with Gasteiger partial charge in [-0.25, -0.2) is 0 Å². The Kier molecular flexibility index (Phi) is 8.72. The first-order valence-corrected chi connectivity index (χ1v) is 6.28. The van der Waals surface area contributed by atoms with Gasteiger partial charge in [-0.15, -0.1) is 0 Å². The first-order valence-electron chi connectivity index (χ1n) is 6.28. The van der Waals surface area contributed by atoms with Crippen molar-refractivity contribution in [1.82, 2.24) is 5.32 Å². The van der Waals surface area contributed by atoms with Crippen molar-refractivity contribution >= 4 is 5.91 Å². The minimum atomic E-state index is -1.10. The Bertz CT molecular complexity index is 239. The van der Waals surface area contributed by atoms with Crippen molar-refractivity contribution in [1.29, 1.82) is 0 Å². The fraction of sp³-hybridized carbons (Fsp3) is 0.769. The molecule has 0 saturated carbocycles. The van der Waals surface area contributed by atoms with Crippen LogP contribution in [0.1, 0.15) is 40.0 Å². The third-order valence-corrected chi connectivity index (χ3v) is 2.61. The maximum Gasteiger partial charge on any atom is 0.253 e. The maximum absolute atomic E-state index is 11.6. The second-order valence-electron chi connectivity index (χ2n) is 4.53.